The lowest BCUT2D eigenvalue weighted by atomic mass is 10.1. The van der Waals surface area contributed by atoms with Gasteiger partial charge in [-0.05, 0) is 52.7 Å². The zero-order valence-corrected chi connectivity index (χ0v) is 13.7. The molecule has 1 aliphatic rings. The molecule has 0 spiro atoms. The molecule has 1 aliphatic heterocycles. The van der Waals surface area contributed by atoms with Crippen molar-refractivity contribution in [2.45, 2.75) is 13.0 Å². The fourth-order valence-electron chi connectivity index (χ4n) is 2.75. The highest BCUT2D eigenvalue weighted by Gasteiger charge is 2.22. The van der Waals surface area contributed by atoms with Crippen LogP contribution in [0, 0.1) is 0 Å². The Kier molecular flexibility index (Phi) is 4.51. The van der Waals surface area contributed by atoms with Crippen LogP contribution in [0.4, 0.5) is 5.82 Å². The first-order valence-electron chi connectivity index (χ1n) is 7.24. The van der Waals surface area contributed by atoms with Gasteiger partial charge in [-0.15, -0.1) is 0 Å². The Bertz CT molecular complexity index is 565. The summed E-state index contributed by atoms with van der Waals surface area (Å²) in [5.41, 5.74) is 1.33. The fraction of sp³-hybridized carbons (Fsp3) is 0.375. The molecule has 1 fully saturated rings. The molecule has 0 aliphatic carbocycles. The average Bonchev–Trinajstić information content (AvgIpc) is 2.56. The number of rotatable bonds is 3. The summed E-state index contributed by atoms with van der Waals surface area (Å²) in [6.45, 7) is 6.42. The normalized spacial score (nSPS) is 17.7. The predicted molar refractivity (Wildman–Crippen MR) is 88.4 cm³/mol. The molecule has 0 unspecified atom stereocenters. The molecule has 0 N–H and O–H groups in total. The SMILES string of the molecule is C[C@@H](c1ccncc1)N1CCN(c2ccc(Br)cn2)CC1. The van der Waals surface area contributed by atoms with Gasteiger partial charge in [-0.1, -0.05) is 0 Å². The number of aromatic nitrogens is 2. The van der Waals surface area contributed by atoms with Crippen LogP contribution < -0.4 is 4.90 Å². The third kappa shape index (κ3) is 3.41. The molecule has 1 atom stereocenters. The van der Waals surface area contributed by atoms with Crippen LogP contribution in [0.3, 0.4) is 0 Å². The Balaban J connectivity index is 1.61. The quantitative estimate of drug-likeness (QED) is 0.854. The van der Waals surface area contributed by atoms with E-state index in [0.717, 1.165) is 36.5 Å². The van der Waals surface area contributed by atoms with E-state index in [1.807, 2.05) is 24.7 Å². The first kappa shape index (κ1) is 14.5. The molecule has 3 heterocycles. The second-order valence-electron chi connectivity index (χ2n) is 5.31. The van der Waals surface area contributed by atoms with Gasteiger partial charge in [0.15, 0.2) is 0 Å². The van der Waals surface area contributed by atoms with Crippen LogP contribution in [0.5, 0.6) is 0 Å². The topological polar surface area (TPSA) is 32.3 Å². The van der Waals surface area contributed by atoms with Gasteiger partial charge in [0.1, 0.15) is 5.82 Å². The van der Waals surface area contributed by atoms with Crippen molar-refractivity contribution < 1.29 is 0 Å². The van der Waals surface area contributed by atoms with Gasteiger partial charge in [-0.3, -0.25) is 9.88 Å². The molecule has 2 aromatic heterocycles. The molecular formula is C16H19BrN4. The van der Waals surface area contributed by atoms with Crippen molar-refractivity contribution >= 4 is 21.7 Å². The van der Waals surface area contributed by atoms with E-state index in [9.17, 15) is 0 Å². The lowest BCUT2D eigenvalue weighted by Gasteiger charge is -2.38. The molecule has 5 heteroatoms. The Morgan fingerprint density at radius 1 is 1.05 bits per heavy atom. The number of halogens is 1. The molecule has 0 aromatic carbocycles. The summed E-state index contributed by atoms with van der Waals surface area (Å²) in [6.07, 6.45) is 5.60. The molecule has 110 valence electrons. The Morgan fingerprint density at radius 3 is 2.38 bits per heavy atom. The van der Waals surface area contributed by atoms with Crippen LogP contribution in [0.25, 0.3) is 0 Å². The van der Waals surface area contributed by atoms with Crippen LogP contribution in [0.2, 0.25) is 0 Å². The number of pyridine rings is 2. The maximum Gasteiger partial charge on any atom is 0.128 e. The highest BCUT2D eigenvalue weighted by atomic mass is 79.9. The third-order valence-electron chi connectivity index (χ3n) is 4.09. The van der Waals surface area contributed by atoms with Gasteiger partial charge in [-0.2, -0.15) is 0 Å². The van der Waals surface area contributed by atoms with Crippen LogP contribution in [-0.2, 0) is 0 Å². The number of nitrogens with zero attached hydrogens (tertiary/aromatic N) is 4. The Hall–Kier alpha value is -1.46. The molecule has 4 nitrogen and oxygen atoms in total. The van der Waals surface area contributed by atoms with E-state index in [1.165, 1.54) is 5.56 Å². The van der Waals surface area contributed by atoms with Crippen molar-refractivity contribution in [1.29, 1.82) is 0 Å². The fourth-order valence-corrected chi connectivity index (χ4v) is 2.98. The van der Waals surface area contributed by atoms with Crippen molar-refractivity contribution in [3.05, 3.63) is 52.9 Å². The minimum Gasteiger partial charge on any atom is -0.354 e. The maximum atomic E-state index is 4.48. The molecule has 2 aromatic rings. The van der Waals surface area contributed by atoms with Gasteiger partial charge in [0.25, 0.3) is 0 Å². The summed E-state index contributed by atoms with van der Waals surface area (Å²) in [4.78, 5) is 13.4. The van der Waals surface area contributed by atoms with Gasteiger partial charge in [0.2, 0.25) is 0 Å². The van der Waals surface area contributed by atoms with E-state index in [1.54, 1.807) is 0 Å². The van der Waals surface area contributed by atoms with Crippen LogP contribution >= 0.6 is 15.9 Å². The zero-order chi connectivity index (χ0) is 14.7. The third-order valence-corrected chi connectivity index (χ3v) is 4.56. The number of hydrogen-bond acceptors (Lipinski definition) is 4. The smallest absolute Gasteiger partial charge is 0.128 e. The van der Waals surface area contributed by atoms with Gasteiger partial charge in [0.05, 0.1) is 0 Å². The molecular weight excluding hydrogens is 328 g/mol. The summed E-state index contributed by atoms with van der Waals surface area (Å²) in [5, 5.41) is 0. The summed E-state index contributed by atoms with van der Waals surface area (Å²) in [5.74, 6) is 1.06. The largest absolute Gasteiger partial charge is 0.354 e. The van der Waals surface area contributed by atoms with E-state index < -0.39 is 0 Å². The van der Waals surface area contributed by atoms with Gasteiger partial charge < -0.3 is 4.90 Å². The standard InChI is InChI=1S/C16H19BrN4/c1-13(14-4-6-18-7-5-14)20-8-10-21(11-9-20)16-3-2-15(17)12-19-16/h2-7,12-13H,8-11H2,1H3/t13-/m0/s1. The summed E-state index contributed by atoms with van der Waals surface area (Å²) < 4.78 is 1.02. The molecule has 0 radical (unpaired) electrons. The lowest BCUT2D eigenvalue weighted by Crippen LogP contribution is -2.47. The zero-order valence-electron chi connectivity index (χ0n) is 12.1. The van der Waals surface area contributed by atoms with Crippen molar-refractivity contribution in [1.82, 2.24) is 14.9 Å². The average molecular weight is 347 g/mol. The molecule has 0 amide bonds. The van der Waals surface area contributed by atoms with Gasteiger partial charge in [0, 0.05) is 55.3 Å². The van der Waals surface area contributed by atoms with Crippen molar-refractivity contribution in [3.8, 4) is 0 Å². The molecule has 21 heavy (non-hydrogen) atoms. The van der Waals surface area contributed by atoms with Crippen molar-refractivity contribution in [2.75, 3.05) is 31.1 Å². The van der Waals surface area contributed by atoms with E-state index in [0.29, 0.717) is 6.04 Å². The van der Waals surface area contributed by atoms with Crippen LogP contribution in [0.1, 0.15) is 18.5 Å². The van der Waals surface area contributed by atoms with Crippen LogP contribution in [0.15, 0.2) is 47.3 Å². The first-order valence-corrected chi connectivity index (χ1v) is 8.04. The van der Waals surface area contributed by atoms with Crippen molar-refractivity contribution in [3.63, 3.8) is 0 Å². The number of anilines is 1. The molecule has 3 rings (SSSR count). The Morgan fingerprint density at radius 2 is 1.76 bits per heavy atom. The first-order chi connectivity index (χ1) is 10.2. The maximum absolute atomic E-state index is 4.48. The molecule has 0 saturated carbocycles. The summed E-state index contributed by atoms with van der Waals surface area (Å²) in [7, 11) is 0. The molecule has 0 bridgehead atoms. The summed E-state index contributed by atoms with van der Waals surface area (Å²) in [6, 6.07) is 8.77. The number of piperazine rings is 1. The Labute approximate surface area is 133 Å². The van der Waals surface area contributed by atoms with E-state index in [4.69, 9.17) is 0 Å². The molecule has 1 saturated heterocycles. The van der Waals surface area contributed by atoms with Gasteiger partial charge in [-0.25, -0.2) is 4.98 Å². The predicted octanol–water partition coefficient (Wildman–Crippen LogP) is 3.12. The van der Waals surface area contributed by atoms with Gasteiger partial charge >= 0.3 is 0 Å². The van der Waals surface area contributed by atoms with Crippen LogP contribution in [-0.4, -0.2) is 41.0 Å². The van der Waals surface area contributed by atoms with E-state index in [2.05, 4.69) is 60.8 Å². The van der Waals surface area contributed by atoms with Crippen molar-refractivity contribution in [2.24, 2.45) is 0 Å². The highest BCUT2D eigenvalue weighted by molar-refractivity contribution is 9.10. The second kappa shape index (κ2) is 6.54. The van der Waals surface area contributed by atoms with E-state index >= 15 is 0 Å². The second-order valence-corrected chi connectivity index (χ2v) is 6.23. The number of hydrogen-bond donors (Lipinski definition) is 0. The van der Waals surface area contributed by atoms with E-state index in [-0.39, 0.29) is 0 Å². The highest BCUT2D eigenvalue weighted by Crippen LogP contribution is 2.23. The monoisotopic (exact) mass is 346 g/mol. The summed E-state index contributed by atoms with van der Waals surface area (Å²) >= 11 is 3.43. The minimum atomic E-state index is 0.438. The lowest BCUT2D eigenvalue weighted by molar-refractivity contribution is 0.198. The minimum absolute atomic E-state index is 0.438.